The number of anilines is 2. The van der Waals surface area contributed by atoms with Crippen molar-refractivity contribution in [2.24, 2.45) is 0 Å². The number of nitrogens with zero attached hydrogens (tertiary/aromatic N) is 4. The number of halogens is 2. The Morgan fingerprint density at radius 1 is 1.04 bits per heavy atom. The number of nitrogens with two attached hydrogens (primary N) is 2. The van der Waals surface area contributed by atoms with Crippen LogP contribution in [0.25, 0.3) is 5.69 Å². The van der Waals surface area contributed by atoms with E-state index in [1.807, 2.05) is 0 Å². The third-order valence-corrected chi connectivity index (χ3v) is 3.79. The zero-order valence-corrected chi connectivity index (χ0v) is 12.6. The van der Waals surface area contributed by atoms with Gasteiger partial charge in [-0.25, -0.2) is 23.4 Å². The van der Waals surface area contributed by atoms with Crippen LogP contribution in [0.1, 0.15) is 5.69 Å². The minimum Gasteiger partial charge on any atom is -0.383 e. The van der Waals surface area contributed by atoms with E-state index in [0.29, 0.717) is 16.6 Å². The van der Waals surface area contributed by atoms with Crippen molar-refractivity contribution in [2.45, 2.75) is 10.9 Å². The Labute approximate surface area is 134 Å². The van der Waals surface area contributed by atoms with Crippen molar-refractivity contribution < 1.29 is 8.78 Å². The molecular weight excluding hydrogens is 322 g/mol. The molecule has 3 aromatic rings. The third kappa shape index (κ3) is 3.39. The SMILES string of the molecule is Nc1cc(N)nc(SCc2ccn(-c3c(F)cccc3F)n2)n1. The van der Waals surface area contributed by atoms with Crippen LogP contribution >= 0.6 is 11.8 Å². The Balaban J connectivity index is 1.77. The van der Waals surface area contributed by atoms with Gasteiger partial charge in [-0.1, -0.05) is 17.8 Å². The largest absolute Gasteiger partial charge is 0.383 e. The Bertz CT molecular complexity index is 811. The topological polar surface area (TPSA) is 95.6 Å². The van der Waals surface area contributed by atoms with Gasteiger partial charge in [0.1, 0.15) is 17.3 Å². The molecule has 0 spiro atoms. The molecule has 9 heteroatoms. The molecule has 23 heavy (non-hydrogen) atoms. The molecule has 0 aliphatic heterocycles. The van der Waals surface area contributed by atoms with Gasteiger partial charge < -0.3 is 11.5 Å². The van der Waals surface area contributed by atoms with E-state index in [2.05, 4.69) is 15.1 Å². The van der Waals surface area contributed by atoms with E-state index in [4.69, 9.17) is 11.5 Å². The maximum absolute atomic E-state index is 13.7. The lowest BCUT2D eigenvalue weighted by Crippen LogP contribution is -2.02. The molecule has 0 aliphatic rings. The zero-order valence-electron chi connectivity index (χ0n) is 11.8. The molecule has 0 atom stereocenters. The van der Waals surface area contributed by atoms with Gasteiger partial charge in [-0.15, -0.1) is 0 Å². The summed E-state index contributed by atoms with van der Waals surface area (Å²) >= 11 is 1.27. The first-order valence-corrected chi connectivity index (χ1v) is 7.53. The number of rotatable bonds is 4. The molecule has 2 aromatic heterocycles. The average molecular weight is 334 g/mol. The summed E-state index contributed by atoms with van der Waals surface area (Å²) in [6, 6.07) is 6.78. The molecule has 118 valence electrons. The molecule has 0 saturated carbocycles. The highest BCUT2D eigenvalue weighted by atomic mass is 32.2. The van der Waals surface area contributed by atoms with E-state index < -0.39 is 11.6 Å². The fraction of sp³-hybridized carbons (Fsp3) is 0.0714. The average Bonchev–Trinajstić information content (AvgIpc) is 2.92. The predicted octanol–water partition coefficient (Wildman–Crippen LogP) is 2.40. The van der Waals surface area contributed by atoms with Crippen LogP contribution in [0.15, 0.2) is 41.7 Å². The first kappa shape index (κ1) is 15.2. The fourth-order valence-corrected chi connectivity index (χ4v) is 2.71. The number of thioether (sulfide) groups is 1. The van der Waals surface area contributed by atoms with Crippen LogP contribution < -0.4 is 11.5 Å². The molecule has 4 N–H and O–H groups in total. The molecule has 0 aliphatic carbocycles. The third-order valence-electron chi connectivity index (χ3n) is 2.91. The summed E-state index contributed by atoms with van der Waals surface area (Å²) in [5.41, 5.74) is 11.6. The fourth-order valence-electron chi connectivity index (χ4n) is 1.94. The molecule has 6 nitrogen and oxygen atoms in total. The summed E-state index contributed by atoms with van der Waals surface area (Å²) in [5, 5.41) is 4.57. The van der Waals surface area contributed by atoms with Crippen molar-refractivity contribution in [1.29, 1.82) is 0 Å². The van der Waals surface area contributed by atoms with E-state index in [9.17, 15) is 8.78 Å². The van der Waals surface area contributed by atoms with Crippen LogP contribution in [-0.4, -0.2) is 19.7 Å². The lowest BCUT2D eigenvalue weighted by molar-refractivity contribution is 0.559. The van der Waals surface area contributed by atoms with Gasteiger partial charge in [0.2, 0.25) is 0 Å². The molecule has 0 amide bonds. The number of aromatic nitrogens is 4. The summed E-state index contributed by atoms with van der Waals surface area (Å²) in [6.07, 6.45) is 1.49. The highest BCUT2D eigenvalue weighted by Crippen LogP contribution is 2.22. The monoisotopic (exact) mass is 334 g/mol. The van der Waals surface area contributed by atoms with E-state index in [1.165, 1.54) is 42.2 Å². The lowest BCUT2D eigenvalue weighted by Gasteiger charge is -2.04. The van der Waals surface area contributed by atoms with Crippen LogP contribution in [0.2, 0.25) is 0 Å². The quantitative estimate of drug-likeness (QED) is 0.562. The first-order valence-electron chi connectivity index (χ1n) is 6.54. The maximum Gasteiger partial charge on any atom is 0.191 e. The molecule has 3 rings (SSSR count). The molecule has 0 saturated heterocycles. The molecule has 0 fully saturated rings. The molecule has 0 unspecified atom stereocenters. The van der Waals surface area contributed by atoms with Gasteiger partial charge in [-0.05, 0) is 18.2 Å². The minimum atomic E-state index is -0.681. The van der Waals surface area contributed by atoms with Crippen LogP contribution in [0.4, 0.5) is 20.4 Å². The van der Waals surface area contributed by atoms with Crippen molar-refractivity contribution in [1.82, 2.24) is 19.7 Å². The van der Waals surface area contributed by atoms with Crippen molar-refractivity contribution in [3.8, 4) is 5.69 Å². The van der Waals surface area contributed by atoms with Crippen LogP contribution in [0.3, 0.4) is 0 Å². The first-order chi connectivity index (χ1) is 11.0. The summed E-state index contributed by atoms with van der Waals surface area (Å²) < 4.78 is 28.6. The van der Waals surface area contributed by atoms with Gasteiger partial charge in [0.15, 0.2) is 16.8 Å². The Morgan fingerprint density at radius 2 is 1.70 bits per heavy atom. The highest BCUT2D eigenvalue weighted by molar-refractivity contribution is 7.98. The van der Waals surface area contributed by atoms with E-state index >= 15 is 0 Å². The minimum absolute atomic E-state index is 0.215. The molecule has 1 aromatic carbocycles. The number of para-hydroxylation sites is 1. The number of benzene rings is 1. The zero-order chi connectivity index (χ0) is 16.4. The standard InChI is InChI=1S/C14H12F2N6S/c15-9-2-1-3-10(16)13(9)22-5-4-8(21-22)7-23-14-19-11(17)6-12(18)20-14/h1-6H,7H2,(H4,17,18,19,20). The Hall–Kier alpha value is -2.68. The number of hydrogen-bond acceptors (Lipinski definition) is 6. The second-order valence-corrected chi connectivity index (χ2v) is 5.55. The molecule has 2 heterocycles. The van der Waals surface area contributed by atoms with E-state index in [1.54, 1.807) is 6.07 Å². The van der Waals surface area contributed by atoms with Crippen LogP contribution in [0.5, 0.6) is 0 Å². The maximum atomic E-state index is 13.7. The highest BCUT2D eigenvalue weighted by Gasteiger charge is 2.12. The van der Waals surface area contributed by atoms with Crippen molar-refractivity contribution in [3.05, 3.63) is 53.9 Å². The smallest absolute Gasteiger partial charge is 0.191 e. The Kier molecular flexibility index (Phi) is 4.11. The lowest BCUT2D eigenvalue weighted by atomic mass is 10.3. The number of hydrogen-bond donors (Lipinski definition) is 2. The summed E-state index contributed by atoms with van der Waals surface area (Å²) in [7, 11) is 0. The van der Waals surface area contributed by atoms with Crippen molar-refractivity contribution in [3.63, 3.8) is 0 Å². The normalized spacial score (nSPS) is 10.9. The molecule has 0 bridgehead atoms. The van der Waals surface area contributed by atoms with Gasteiger partial charge >= 0.3 is 0 Å². The predicted molar refractivity (Wildman–Crippen MR) is 83.9 cm³/mol. The second-order valence-electron chi connectivity index (χ2n) is 4.61. The van der Waals surface area contributed by atoms with E-state index in [-0.39, 0.29) is 17.3 Å². The number of nitrogen functional groups attached to an aromatic ring is 2. The van der Waals surface area contributed by atoms with Gasteiger partial charge in [-0.2, -0.15) is 5.10 Å². The van der Waals surface area contributed by atoms with Gasteiger partial charge in [-0.3, -0.25) is 0 Å². The Morgan fingerprint density at radius 3 is 2.35 bits per heavy atom. The summed E-state index contributed by atoms with van der Waals surface area (Å²) in [4.78, 5) is 8.07. The summed E-state index contributed by atoms with van der Waals surface area (Å²) in [6.45, 7) is 0. The van der Waals surface area contributed by atoms with Crippen molar-refractivity contribution >= 4 is 23.4 Å². The van der Waals surface area contributed by atoms with Crippen LogP contribution in [0, 0.1) is 11.6 Å². The van der Waals surface area contributed by atoms with Crippen molar-refractivity contribution in [2.75, 3.05) is 11.5 Å². The molecule has 0 radical (unpaired) electrons. The van der Waals surface area contributed by atoms with E-state index in [0.717, 1.165) is 4.68 Å². The van der Waals surface area contributed by atoms with Gasteiger partial charge in [0.05, 0.1) is 5.69 Å². The second kappa shape index (κ2) is 6.21. The van der Waals surface area contributed by atoms with Gasteiger partial charge in [0.25, 0.3) is 0 Å². The molecular formula is C14H12F2N6S. The van der Waals surface area contributed by atoms with Crippen LogP contribution in [-0.2, 0) is 5.75 Å². The van der Waals surface area contributed by atoms with Gasteiger partial charge in [0, 0.05) is 18.0 Å². The summed E-state index contributed by atoms with van der Waals surface area (Å²) in [5.74, 6) is -0.400.